The molecule has 0 aromatic rings. The molecule has 2 aliphatic heterocycles. The predicted molar refractivity (Wildman–Crippen MR) is 133 cm³/mol. The number of ether oxygens (including phenoxy) is 2. The second kappa shape index (κ2) is 12.5. The van der Waals surface area contributed by atoms with Crippen LogP contribution in [0.2, 0.25) is 0 Å². The van der Waals surface area contributed by atoms with Crippen LogP contribution in [-0.4, -0.2) is 71.2 Å². The van der Waals surface area contributed by atoms with E-state index in [0.29, 0.717) is 38.0 Å². The minimum atomic E-state index is -0.263. The molecular formula is C21H37NO4S4. The number of rotatable bonds is 11. The highest BCUT2D eigenvalue weighted by Gasteiger charge is 2.39. The molecule has 2 rings (SSSR count). The lowest BCUT2D eigenvalue weighted by Crippen LogP contribution is -2.50. The van der Waals surface area contributed by atoms with Gasteiger partial charge in [-0.05, 0) is 33.1 Å². The van der Waals surface area contributed by atoms with Gasteiger partial charge in [-0.3, -0.25) is 14.5 Å². The number of hydrogen-bond donors (Lipinski definition) is 0. The summed E-state index contributed by atoms with van der Waals surface area (Å²) in [6.45, 7) is 12.2. The minimum absolute atomic E-state index is 0.0283. The average molecular weight is 496 g/mol. The molecule has 0 aromatic heterocycles. The minimum Gasteiger partial charge on any atom is -0.465 e. The normalized spacial score (nSPS) is 19.6. The van der Waals surface area contributed by atoms with Gasteiger partial charge < -0.3 is 9.47 Å². The van der Waals surface area contributed by atoms with E-state index >= 15 is 0 Å². The van der Waals surface area contributed by atoms with Crippen LogP contribution in [0, 0.1) is 11.3 Å². The maximum Gasteiger partial charge on any atom is 0.307 e. The van der Waals surface area contributed by atoms with Crippen molar-refractivity contribution in [3.05, 3.63) is 0 Å². The number of nitrogens with zero attached hydrogens (tertiary/aromatic N) is 1. The van der Waals surface area contributed by atoms with Crippen molar-refractivity contribution in [3.8, 4) is 0 Å². The topological polar surface area (TPSA) is 55.8 Å². The molecule has 0 amide bonds. The molecule has 0 saturated carbocycles. The van der Waals surface area contributed by atoms with E-state index in [2.05, 4.69) is 39.5 Å². The van der Waals surface area contributed by atoms with E-state index in [0.717, 1.165) is 36.0 Å². The fourth-order valence-corrected chi connectivity index (χ4v) is 9.46. The Kier molecular flexibility index (Phi) is 11.1. The van der Waals surface area contributed by atoms with Crippen molar-refractivity contribution in [2.24, 2.45) is 11.3 Å². The maximum atomic E-state index is 12.5. The Balaban J connectivity index is 1.79. The first kappa shape index (κ1) is 26.6. The van der Waals surface area contributed by atoms with Gasteiger partial charge in [0.05, 0.1) is 11.8 Å². The van der Waals surface area contributed by atoms with Gasteiger partial charge in [0, 0.05) is 47.6 Å². The van der Waals surface area contributed by atoms with Crippen LogP contribution in [0.5, 0.6) is 0 Å². The third-order valence-electron chi connectivity index (χ3n) is 5.28. The fourth-order valence-electron chi connectivity index (χ4n) is 3.36. The lowest BCUT2D eigenvalue weighted by molar-refractivity contribution is -0.152. The van der Waals surface area contributed by atoms with Crippen LogP contribution in [0.25, 0.3) is 0 Å². The van der Waals surface area contributed by atoms with Crippen molar-refractivity contribution < 1.29 is 19.1 Å². The molecular weight excluding hydrogens is 459 g/mol. The van der Waals surface area contributed by atoms with Crippen LogP contribution in [0.4, 0.5) is 0 Å². The first-order valence-electron chi connectivity index (χ1n) is 10.7. The van der Waals surface area contributed by atoms with Crippen molar-refractivity contribution in [1.29, 1.82) is 0 Å². The zero-order valence-corrected chi connectivity index (χ0v) is 22.2. The lowest BCUT2D eigenvalue weighted by Gasteiger charge is -2.39. The van der Waals surface area contributed by atoms with Crippen molar-refractivity contribution in [2.75, 3.05) is 42.8 Å². The van der Waals surface area contributed by atoms with Crippen molar-refractivity contribution in [2.45, 2.75) is 65.5 Å². The number of carbonyl (C=O) groups is 2. The van der Waals surface area contributed by atoms with Gasteiger partial charge >= 0.3 is 11.9 Å². The average Bonchev–Trinajstić information content (AvgIpc) is 3.35. The highest BCUT2D eigenvalue weighted by atomic mass is 33.1. The van der Waals surface area contributed by atoms with Crippen LogP contribution < -0.4 is 0 Å². The number of esters is 2. The summed E-state index contributed by atoms with van der Waals surface area (Å²) in [6, 6.07) is 0.507. The molecule has 0 aliphatic carbocycles. The van der Waals surface area contributed by atoms with E-state index in [-0.39, 0.29) is 22.9 Å². The van der Waals surface area contributed by atoms with E-state index in [1.165, 1.54) is 0 Å². The second-order valence-electron chi connectivity index (χ2n) is 9.62. The maximum absolute atomic E-state index is 12.5. The SMILES string of the molecule is CC(C)CCC(=O)OCC1(COC(=O)CCN(C2CSSC2)C(C)(C)C)CSSC1. The molecule has 2 heterocycles. The molecule has 0 aromatic carbocycles. The van der Waals surface area contributed by atoms with Gasteiger partial charge in [0.15, 0.2) is 0 Å². The zero-order valence-electron chi connectivity index (χ0n) is 18.9. The zero-order chi connectivity index (χ0) is 22.2. The summed E-state index contributed by atoms with van der Waals surface area (Å²) in [5, 5.41) is 0. The van der Waals surface area contributed by atoms with Crippen molar-refractivity contribution in [3.63, 3.8) is 0 Å². The summed E-state index contributed by atoms with van der Waals surface area (Å²) in [4.78, 5) is 27.0. The van der Waals surface area contributed by atoms with Gasteiger partial charge in [-0.25, -0.2) is 0 Å². The molecule has 174 valence electrons. The highest BCUT2D eigenvalue weighted by Crippen LogP contribution is 2.43. The van der Waals surface area contributed by atoms with Crippen LogP contribution >= 0.6 is 43.2 Å². The van der Waals surface area contributed by atoms with Crippen LogP contribution in [0.3, 0.4) is 0 Å². The molecule has 2 saturated heterocycles. The summed E-state index contributed by atoms with van der Waals surface area (Å²) < 4.78 is 11.2. The van der Waals surface area contributed by atoms with Crippen LogP contribution in [0.15, 0.2) is 0 Å². The van der Waals surface area contributed by atoms with Gasteiger partial charge in [0.1, 0.15) is 13.2 Å². The van der Waals surface area contributed by atoms with Crippen molar-refractivity contribution >= 4 is 55.1 Å². The third-order valence-corrected chi connectivity index (χ3v) is 10.6. The van der Waals surface area contributed by atoms with E-state index < -0.39 is 0 Å². The molecule has 0 radical (unpaired) electrons. The Morgan fingerprint density at radius 2 is 1.50 bits per heavy atom. The van der Waals surface area contributed by atoms with E-state index in [9.17, 15) is 9.59 Å². The summed E-state index contributed by atoms with van der Waals surface area (Å²) >= 11 is 0. The molecule has 0 N–H and O–H groups in total. The molecule has 0 bridgehead atoms. The van der Waals surface area contributed by atoms with Gasteiger partial charge in [-0.2, -0.15) is 0 Å². The van der Waals surface area contributed by atoms with E-state index in [1.807, 2.05) is 21.6 Å². The Bertz CT molecular complexity index is 556. The Morgan fingerprint density at radius 3 is 2.00 bits per heavy atom. The summed E-state index contributed by atoms with van der Waals surface area (Å²) in [6.07, 6.45) is 1.69. The number of hydrogen-bond acceptors (Lipinski definition) is 9. The van der Waals surface area contributed by atoms with Crippen LogP contribution in [-0.2, 0) is 19.1 Å². The Morgan fingerprint density at radius 1 is 0.967 bits per heavy atom. The Hall–Kier alpha value is 0.300. The molecule has 0 spiro atoms. The van der Waals surface area contributed by atoms with Gasteiger partial charge in [-0.15, -0.1) is 0 Å². The molecule has 0 atom stereocenters. The molecule has 9 heteroatoms. The molecule has 5 nitrogen and oxygen atoms in total. The number of carbonyl (C=O) groups excluding carboxylic acids is 2. The monoisotopic (exact) mass is 495 g/mol. The van der Waals surface area contributed by atoms with Crippen molar-refractivity contribution in [1.82, 2.24) is 4.90 Å². The lowest BCUT2D eigenvalue weighted by atomic mass is 9.95. The van der Waals surface area contributed by atoms with Gasteiger partial charge in [0.2, 0.25) is 0 Å². The largest absolute Gasteiger partial charge is 0.465 e. The summed E-state index contributed by atoms with van der Waals surface area (Å²) in [5.74, 6) is 4.08. The summed E-state index contributed by atoms with van der Waals surface area (Å²) in [5.41, 5.74) is -0.235. The van der Waals surface area contributed by atoms with Gasteiger partial charge in [-0.1, -0.05) is 57.0 Å². The third kappa shape index (κ3) is 9.04. The fraction of sp³-hybridized carbons (Fsp3) is 0.905. The molecule has 2 aliphatic rings. The summed E-state index contributed by atoms with van der Waals surface area (Å²) in [7, 11) is 7.35. The Labute approximate surface area is 198 Å². The smallest absolute Gasteiger partial charge is 0.307 e. The molecule has 2 fully saturated rings. The standard InChI is InChI=1S/C21H37NO4S4/c1-16(2)6-7-18(23)25-12-21(14-29-30-15-21)13-26-19(24)8-9-22(20(3,4)5)17-10-27-28-11-17/h16-17H,6-15H2,1-5H3. The highest BCUT2D eigenvalue weighted by molar-refractivity contribution is 8.77. The van der Waals surface area contributed by atoms with E-state index in [4.69, 9.17) is 9.47 Å². The molecule has 0 unspecified atom stereocenters. The molecule has 30 heavy (non-hydrogen) atoms. The van der Waals surface area contributed by atoms with Gasteiger partial charge in [0.25, 0.3) is 0 Å². The quantitative estimate of drug-likeness (QED) is 0.286. The first-order chi connectivity index (χ1) is 14.1. The first-order valence-corrected chi connectivity index (χ1v) is 15.7. The second-order valence-corrected chi connectivity index (χ2v) is 14.6. The van der Waals surface area contributed by atoms with Crippen LogP contribution in [0.1, 0.15) is 53.9 Å². The van der Waals surface area contributed by atoms with E-state index in [1.54, 1.807) is 21.6 Å². The predicted octanol–water partition coefficient (Wildman–Crippen LogP) is 5.14.